The Morgan fingerprint density at radius 1 is 1.03 bits per heavy atom. The standard InChI is InChI=1S/C24H33N7O/c1-16-13-17(2)21-18(14-16)15-20(24(32)25-21)22(30-11-9-29(3)10-12-30)23-26-27-28-31(23)19-7-5-4-6-8-19/h13-15,19,22H,4-12H2,1-3H3,(H,25,32)/t22-/m0/s1. The Labute approximate surface area is 188 Å². The summed E-state index contributed by atoms with van der Waals surface area (Å²) in [6.07, 6.45) is 5.88. The monoisotopic (exact) mass is 435 g/mol. The molecule has 3 heterocycles. The third-order valence-electron chi connectivity index (χ3n) is 7.20. The number of piperazine rings is 1. The maximum Gasteiger partial charge on any atom is 0.253 e. The van der Waals surface area contributed by atoms with Gasteiger partial charge in [-0.25, -0.2) is 4.68 Å². The molecule has 5 rings (SSSR count). The van der Waals surface area contributed by atoms with Crippen LogP contribution in [0.4, 0.5) is 0 Å². The van der Waals surface area contributed by atoms with E-state index >= 15 is 0 Å². The molecule has 170 valence electrons. The molecule has 0 unspecified atom stereocenters. The molecule has 2 fully saturated rings. The van der Waals surface area contributed by atoms with Crippen LogP contribution in [0.1, 0.15) is 66.7 Å². The van der Waals surface area contributed by atoms with Crippen LogP contribution in [0.5, 0.6) is 0 Å². The molecule has 1 atom stereocenters. The number of likely N-dealkylation sites (N-methyl/N-ethyl adjacent to an activating group) is 1. The van der Waals surface area contributed by atoms with Crippen molar-refractivity contribution in [2.45, 2.75) is 58.0 Å². The molecule has 2 aliphatic rings. The van der Waals surface area contributed by atoms with Crippen molar-refractivity contribution in [1.29, 1.82) is 0 Å². The SMILES string of the molecule is Cc1cc(C)c2[nH]c(=O)c([C@@H](c3nnnn3C3CCCCC3)N3CCN(C)CC3)cc2c1. The van der Waals surface area contributed by atoms with E-state index < -0.39 is 0 Å². The first-order valence-corrected chi connectivity index (χ1v) is 11.9. The molecule has 3 aromatic rings. The van der Waals surface area contributed by atoms with Gasteiger partial charge in [0.25, 0.3) is 5.56 Å². The van der Waals surface area contributed by atoms with Crippen molar-refractivity contribution in [3.05, 3.63) is 51.1 Å². The number of fused-ring (bicyclic) bond motifs is 1. The number of nitrogens with one attached hydrogen (secondary N) is 1. The number of aromatic amines is 1. The summed E-state index contributed by atoms with van der Waals surface area (Å²) in [5, 5.41) is 14.1. The largest absolute Gasteiger partial charge is 0.321 e. The minimum absolute atomic E-state index is 0.0495. The van der Waals surface area contributed by atoms with Gasteiger partial charge in [0.1, 0.15) is 6.04 Å². The van der Waals surface area contributed by atoms with Gasteiger partial charge in [-0.15, -0.1) is 5.10 Å². The smallest absolute Gasteiger partial charge is 0.253 e. The summed E-state index contributed by atoms with van der Waals surface area (Å²) in [7, 11) is 2.15. The lowest BCUT2D eigenvalue weighted by Gasteiger charge is -2.37. The Hall–Kier alpha value is -2.58. The van der Waals surface area contributed by atoms with E-state index in [1.165, 1.54) is 24.8 Å². The average molecular weight is 436 g/mol. The number of nitrogens with zero attached hydrogens (tertiary/aromatic N) is 6. The third kappa shape index (κ3) is 3.97. The Morgan fingerprint density at radius 2 is 1.78 bits per heavy atom. The lowest BCUT2D eigenvalue weighted by molar-refractivity contribution is 0.119. The summed E-state index contributed by atoms with van der Waals surface area (Å²) in [6, 6.07) is 6.38. The second-order valence-corrected chi connectivity index (χ2v) is 9.62. The lowest BCUT2D eigenvalue weighted by atomic mass is 9.95. The summed E-state index contributed by atoms with van der Waals surface area (Å²) in [5.41, 5.74) is 3.88. The molecule has 0 radical (unpaired) electrons. The summed E-state index contributed by atoms with van der Waals surface area (Å²) in [5.74, 6) is 0.802. The van der Waals surface area contributed by atoms with Gasteiger partial charge < -0.3 is 9.88 Å². The molecule has 0 bridgehead atoms. The van der Waals surface area contributed by atoms with E-state index in [9.17, 15) is 4.79 Å². The molecular weight excluding hydrogens is 402 g/mol. The van der Waals surface area contributed by atoms with Crippen molar-refractivity contribution >= 4 is 10.9 Å². The van der Waals surface area contributed by atoms with Gasteiger partial charge in [-0.1, -0.05) is 30.9 Å². The van der Waals surface area contributed by atoms with E-state index in [4.69, 9.17) is 0 Å². The van der Waals surface area contributed by atoms with Gasteiger partial charge >= 0.3 is 0 Å². The van der Waals surface area contributed by atoms with E-state index in [2.05, 4.69) is 62.5 Å². The molecule has 1 aromatic carbocycles. The van der Waals surface area contributed by atoms with Gasteiger partial charge in [0.2, 0.25) is 0 Å². The second-order valence-electron chi connectivity index (χ2n) is 9.62. The molecule has 2 aromatic heterocycles. The van der Waals surface area contributed by atoms with Crippen LogP contribution in [0.15, 0.2) is 23.0 Å². The van der Waals surface area contributed by atoms with Gasteiger partial charge in [0.05, 0.1) is 11.6 Å². The zero-order chi connectivity index (χ0) is 22.2. The van der Waals surface area contributed by atoms with E-state index in [-0.39, 0.29) is 11.6 Å². The maximum atomic E-state index is 13.4. The number of H-pyrrole nitrogens is 1. The highest BCUT2D eigenvalue weighted by Gasteiger charge is 2.34. The van der Waals surface area contributed by atoms with Crippen molar-refractivity contribution in [2.24, 2.45) is 0 Å². The van der Waals surface area contributed by atoms with Crippen LogP contribution in [-0.2, 0) is 0 Å². The molecule has 1 aliphatic carbocycles. The van der Waals surface area contributed by atoms with Crippen LogP contribution in [-0.4, -0.2) is 68.2 Å². The molecule has 8 nitrogen and oxygen atoms in total. The highest BCUT2D eigenvalue weighted by atomic mass is 16.1. The van der Waals surface area contributed by atoms with Crippen molar-refractivity contribution in [3.8, 4) is 0 Å². The van der Waals surface area contributed by atoms with Crippen LogP contribution in [0.3, 0.4) is 0 Å². The average Bonchev–Trinajstić information content (AvgIpc) is 3.26. The Kier molecular flexibility index (Phi) is 5.82. The summed E-state index contributed by atoms with van der Waals surface area (Å²) >= 11 is 0. The van der Waals surface area contributed by atoms with Crippen LogP contribution in [0.2, 0.25) is 0 Å². The van der Waals surface area contributed by atoms with Crippen molar-refractivity contribution in [2.75, 3.05) is 33.2 Å². The van der Waals surface area contributed by atoms with E-state index in [0.29, 0.717) is 6.04 Å². The molecule has 1 saturated carbocycles. The summed E-state index contributed by atoms with van der Waals surface area (Å²) in [4.78, 5) is 21.3. The number of hydrogen-bond donors (Lipinski definition) is 1. The molecule has 8 heteroatoms. The van der Waals surface area contributed by atoms with Crippen LogP contribution < -0.4 is 5.56 Å². The Morgan fingerprint density at radius 3 is 2.53 bits per heavy atom. The van der Waals surface area contributed by atoms with Crippen molar-refractivity contribution < 1.29 is 0 Å². The fourth-order valence-electron chi connectivity index (χ4n) is 5.45. The topological polar surface area (TPSA) is 82.9 Å². The highest BCUT2D eigenvalue weighted by Crippen LogP contribution is 2.33. The van der Waals surface area contributed by atoms with Gasteiger partial charge in [-0.05, 0) is 67.2 Å². The maximum absolute atomic E-state index is 13.4. The van der Waals surface area contributed by atoms with E-state index in [1.54, 1.807) is 0 Å². The predicted molar refractivity (Wildman–Crippen MR) is 125 cm³/mol. The number of pyridine rings is 1. The minimum Gasteiger partial charge on any atom is -0.321 e. The van der Waals surface area contributed by atoms with Gasteiger partial charge in [-0.3, -0.25) is 9.69 Å². The number of hydrogen-bond acceptors (Lipinski definition) is 6. The van der Waals surface area contributed by atoms with Crippen LogP contribution >= 0.6 is 0 Å². The first-order valence-electron chi connectivity index (χ1n) is 11.9. The Balaban J connectivity index is 1.64. The van der Waals surface area contributed by atoms with E-state index in [1.807, 2.05) is 11.6 Å². The van der Waals surface area contributed by atoms with Crippen LogP contribution in [0.25, 0.3) is 10.9 Å². The van der Waals surface area contributed by atoms with Crippen molar-refractivity contribution in [1.82, 2.24) is 35.0 Å². The molecule has 0 spiro atoms. The van der Waals surface area contributed by atoms with Gasteiger partial charge in [0, 0.05) is 31.7 Å². The highest BCUT2D eigenvalue weighted by molar-refractivity contribution is 5.83. The fourth-order valence-corrected chi connectivity index (χ4v) is 5.45. The first-order chi connectivity index (χ1) is 15.5. The molecule has 1 aliphatic heterocycles. The molecule has 0 amide bonds. The second kappa shape index (κ2) is 8.75. The number of tetrazole rings is 1. The summed E-state index contributed by atoms with van der Waals surface area (Å²) < 4.78 is 2.02. The van der Waals surface area contributed by atoms with Gasteiger partial charge in [-0.2, -0.15) is 0 Å². The molecule has 1 saturated heterocycles. The minimum atomic E-state index is -0.255. The zero-order valence-corrected chi connectivity index (χ0v) is 19.3. The molecule has 1 N–H and O–H groups in total. The van der Waals surface area contributed by atoms with E-state index in [0.717, 1.165) is 66.9 Å². The molecular formula is C24H33N7O. The third-order valence-corrected chi connectivity index (χ3v) is 7.20. The number of benzene rings is 1. The Bertz CT molecular complexity index is 1150. The fraction of sp³-hybridized carbons (Fsp3) is 0.583. The van der Waals surface area contributed by atoms with Crippen LogP contribution in [0, 0.1) is 13.8 Å². The number of aryl methyl sites for hydroxylation is 2. The predicted octanol–water partition coefficient (Wildman–Crippen LogP) is 2.97. The number of rotatable bonds is 4. The van der Waals surface area contributed by atoms with Gasteiger partial charge in [0.15, 0.2) is 5.82 Å². The molecule has 32 heavy (non-hydrogen) atoms. The normalized spacial score (nSPS) is 20.1. The quantitative estimate of drug-likeness (QED) is 0.678. The first kappa shape index (κ1) is 21.3. The summed E-state index contributed by atoms with van der Waals surface area (Å²) in [6.45, 7) is 7.83. The lowest BCUT2D eigenvalue weighted by Crippen LogP contribution is -2.47. The number of aromatic nitrogens is 5. The zero-order valence-electron chi connectivity index (χ0n) is 19.3. The van der Waals surface area contributed by atoms with Crippen molar-refractivity contribution in [3.63, 3.8) is 0 Å².